The van der Waals surface area contributed by atoms with E-state index in [-0.39, 0.29) is 24.2 Å². The quantitative estimate of drug-likeness (QED) is 0.631. The predicted molar refractivity (Wildman–Crippen MR) is 115 cm³/mol. The Morgan fingerprint density at radius 1 is 1.17 bits per heavy atom. The molecule has 1 atom stereocenters. The molecule has 2 amide bonds. The summed E-state index contributed by atoms with van der Waals surface area (Å²) in [5.74, 6) is 0.989. The maximum atomic E-state index is 12.6. The lowest BCUT2D eigenvalue weighted by Gasteiger charge is -2.17. The Morgan fingerprint density at radius 2 is 1.97 bits per heavy atom. The van der Waals surface area contributed by atoms with Crippen LogP contribution in [-0.2, 0) is 16.0 Å². The molecule has 4 rings (SSSR count). The van der Waals surface area contributed by atoms with E-state index in [9.17, 15) is 9.59 Å². The van der Waals surface area contributed by atoms with Crippen LogP contribution in [0.3, 0.4) is 0 Å². The molecule has 2 N–H and O–H groups in total. The number of aromatic nitrogens is 1. The number of H-pyrrole nitrogens is 1. The van der Waals surface area contributed by atoms with Gasteiger partial charge < -0.3 is 24.7 Å². The minimum Gasteiger partial charge on any atom is -0.497 e. The number of amides is 2. The fourth-order valence-electron chi connectivity index (χ4n) is 3.87. The van der Waals surface area contributed by atoms with E-state index < -0.39 is 0 Å². The van der Waals surface area contributed by atoms with Crippen LogP contribution in [0.4, 0.5) is 5.69 Å². The van der Waals surface area contributed by atoms with Gasteiger partial charge >= 0.3 is 0 Å². The number of nitrogens with one attached hydrogen (secondary N) is 2. The molecular weight excluding hydrogens is 382 g/mol. The first-order valence-electron chi connectivity index (χ1n) is 9.95. The summed E-state index contributed by atoms with van der Waals surface area (Å²) in [7, 11) is 3.23. The predicted octanol–water partition coefficient (Wildman–Crippen LogP) is 2.90. The summed E-state index contributed by atoms with van der Waals surface area (Å²) in [6, 6.07) is 13.2. The first-order chi connectivity index (χ1) is 14.6. The van der Waals surface area contributed by atoms with Crippen LogP contribution in [0.1, 0.15) is 12.0 Å². The number of benzene rings is 2. The third-order valence-electron chi connectivity index (χ3n) is 5.53. The second kappa shape index (κ2) is 8.49. The SMILES string of the molecule is COc1cccc(N2C[C@H](C(=O)NCCc3c[nH]c4ccc(OC)cc34)CC2=O)c1. The lowest BCUT2D eigenvalue weighted by Crippen LogP contribution is -2.34. The smallest absolute Gasteiger partial charge is 0.227 e. The average Bonchev–Trinajstić information content (AvgIpc) is 3.36. The molecule has 1 aliphatic heterocycles. The monoisotopic (exact) mass is 407 g/mol. The van der Waals surface area contributed by atoms with Crippen molar-refractivity contribution in [1.29, 1.82) is 0 Å². The number of aromatic amines is 1. The third kappa shape index (κ3) is 3.96. The first-order valence-corrected chi connectivity index (χ1v) is 9.95. The molecule has 0 aliphatic carbocycles. The van der Waals surface area contributed by atoms with Crippen molar-refractivity contribution >= 4 is 28.4 Å². The number of anilines is 1. The van der Waals surface area contributed by atoms with Gasteiger partial charge in [-0.05, 0) is 42.3 Å². The lowest BCUT2D eigenvalue weighted by molar-refractivity contribution is -0.126. The van der Waals surface area contributed by atoms with Crippen molar-refractivity contribution in [2.75, 3.05) is 32.2 Å². The molecular formula is C23H25N3O4. The molecule has 3 aromatic rings. The molecule has 0 bridgehead atoms. The van der Waals surface area contributed by atoms with Crippen LogP contribution in [-0.4, -0.2) is 44.1 Å². The average molecular weight is 407 g/mol. The largest absolute Gasteiger partial charge is 0.497 e. The van der Waals surface area contributed by atoms with Gasteiger partial charge in [0.2, 0.25) is 11.8 Å². The van der Waals surface area contributed by atoms with Gasteiger partial charge in [0, 0.05) is 48.4 Å². The van der Waals surface area contributed by atoms with Crippen LogP contribution < -0.4 is 19.7 Å². The highest BCUT2D eigenvalue weighted by Crippen LogP contribution is 2.28. The summed E-state index contributed by atoms with van der Waals surface area (Å²) in [5, 5.41) is 4.07. The molecule has 156 valence electrons. The van der Waals surface area contributed by atoms with Gasteiger partial charge in [-0.25, -0.2) is 0 Å². The van der Waals surface area contributed by atoms with E-state index in [2.05, 4.69) is 10.3 Å². The van der Waals surface area contributed by atoms with Crippen LogP contribution >= 0.6 is 0 Å². The second-order valence-corrected chi connectivity index (χ2v) is 7.37. The highest BCUT2D eigenvalue weighted by atomic mass is 16.5. The standard InChI is InChI=1S/C23H25N3O4/c1-29-18-5-3-4-17(11-18)26-14-16(10-22(26)27)23(28)24-9-8-15-13-25-21-7-6-19(30-2)12-20(15)21/h3-7,11-13,16,25H,8-10,14H2,1-2H3,(H,24,28)/t16-/m1/s1. The Morgan fingerprint density at radius 3 is 2.77 bits per heavy atom. The number of hydrogen-bond acceptors (Lipinski definition) is 4. The van der Waals surface area contributed by atoms with Gasteiger partial charge in [0.15, 0.2) is 0 Å². The molecule has 0 spiro atoms. The molecule has 1 fully saturated rings. The molecule has 2 heterocycles. The summed E-state index contributed by atoms with van der Waals surface area (Å²) < 4.78 is 10.5. The Bertz CT molecular complexity index is 1080. The molecule has 30 heavy (non-hydrogen) atoms. The molecule has 2 aromatic carbocycles. The van der Waals surface area contributed by atoms with Crippen molar-refractivity contribution in [3.63, 3.8) is 0 Å². The number of carbonyl (C=O) groups excluding carboxylic acids is 2. The van der Waals surface area contributed by atoms with Crippen molar-refractivity contribution in [2.45, 2.75) is 12.8 Å². The zero-order valence-corrected chi connectivity index (χ0v) is 17.1. The van der Waals surface area contributed by atoms with E-state index in [1.165, 1.54) is 0 Å². The van der Waals surface area contributed by atoms with Gasteiger partial charge in [0.05, 0.1) is 20.1 Å². The zero-order valence-electron chi connectivity index (χ0n) is 17.1. The molecule has 0 saturated carbocycles. The van der Waals surface area contributed by atoms with Crippen LogP contribution in [0, 0.1) is 5.92 Å². The van der Waals surface area contributed by atoms with E-state index in [4.69, 9.17) is 9.47 Å². The number of methoxy groups -OCH3 is 2. The van der Waals surface area contributed by atoms with Crippen molar-refractivity contribution in [2.24, 2.45) is 5.92 Å². The van der Waals surface area contributed by atoms with Crippen molar-refractivity contribution in [3.05, 3.63) is 54.2 Å². The molecule has 7 nitrogen and oxygen atoms in total. The maximum absolute atomic E-state index is 12.6. The molecule has 7 heteroatoms. The highest BCUT2D eigenvalue weighted by Gasteiger charge is 2.35. The summed E-state index contributed by atoms with van der Waals surface area (Å²) in [6.07, 6.45) is 2.87. The van der Waals surface area contributed by atoms with E-state index in [0.29, 0.717) is 25.3 Å². The minimum atomic E-state index is -0.355. The fourth-order valence-corrected chi connectivity index (χ4v) is 3.87. The number of hydrogen-bond donors (Lipinski definition) is 2. The normalized spacial score (nSPS) is 16.1. The number of nitrogens with zero attached hydrogens (tertiary/aromatic N) is 1. The fraction of sp³-hybridized carbons (Fsp3) is 0.304. The number of rotatable bonds is 7. The maximum Gasteiger partial charge on any atom is 0.227 e. The second-order valence-electron chi connectivity index (χ2n) is 7.37. The van der Waals surface area contributed by atoms with E-state index in [1.807, 2.05) is 48.7 Å². The van der Waals surface area contributed by atoms with Gasteiger partial charge in [0.1, 0.15) is 11.5 Å². The molecule has 1 saturated heterocycles. The Labute approximate surface area is 175 Å². The van der Waals surface area contributed by atoms with Crippen molar-refractivity contribution in [3.8, 4) is 11.5 Å². The molecule has 0 unspecified atom stereocenters. The summed E-state index contributed by atoms with van der Waals surface area (Å²) in [4.78, 5) is 30.0. The first kappa shape index (κ1) is 19.8. The minimum absolute atomic E-state index is 0.0490. The molecule has 1 aliphatic rings. The third-order valence-corrected chi connectivity index (χ3v) is 5.53. The van der Waals surface area contributed by atoms with Crippen LogP contribution in [0.2, 0.25) is 0 Å². The molecule has 0 radical (unpaired) electrons. The van der Waals surface area contributed by atoms with Gasteiger partial charge in [0.25, 0.3) is 0 Å². The Kier molecular flexibility index (Phi) is 5.61. The lowest BCUT2D eigenvalue weighted by atomic mass is 10.1. The number of carbonyl (C=O) groups is 2. The van der Waals surface area contributed by atoms with E-state index >= 15 is 0 Å². The van der Waals surface area contributed by atoms with Crippen molar-refractivity contribution in [1.82, 2.24) is 10.3 Å². The molecule has 1 aromatic heterocycles. The van der Waals surface area contributed by atoms with E-state index in [1.54, 1.807) is 19.1 Å². The van der Waals surface area contributed by atoms with Gasteiger partial charge in [-0.2, -0.15) is 0 Å². The highest BCUT2D eigenvalue weighted by molar-refractivity contribution is 6.00. The number of fused-ring (bicyclic) bond motifs is 1. The van der Waals surface area contributed by atoms with Crippen LogP contribution in [0.15, 0.2) is 48.7 Å². The van der Waals surface area contributed by atoms with Crippen molar-refractivity contribution < 1.29 is 19.1 Å². The van der Waals surface area contributed by atoms with Gasteiger partial charge in [-0.3, -0.25) is 9.59 Å². The van der Waals surface area contributed by atoms with Gasteiger partial charge in [-0.15, -0.1) is 0 Å². The summed E-state index contributed by atoms with van der Waals surface area (Å²) in [6.45, 7) is 0.884. The topological polar surface area (TPSA) is 83.7 Å². The van der Waals surface area contributed by atoms with E-state index in [0.717, 1.165) is 27.9 Å². The summed E-state index contributed by atoms with van der Waals surface area (Å²) >= 11 is 0. The Balaban J connectivity index is 1.35. The Hall–Kier alpha value is -3.48. The van der Waals surface area contributed by atoms with Crippen LogP contribution in [0.25, 0.3) is 10.9 Å². The zero-order chi connectivity index (χ0) is 21.1. The number of ether oxygens (including phenoxy) is 2. The summed E-state index contributed by atoms with van der Waals surface area (Å²) in [5.41, 5.74) is 2.90. The van der Waals surface area contributed by atoms with Crippen LogP contribution in [0.5, 0.6) is 11.5 Å². The van der Waals surface area contributed by atoms with Gasteiger partial charge in [-0.1, -0.05) is 6.07 Å².